The fraction of sp³-hybridized carbons (Fsp3) is 0.0952. The van der Waals surface area contributed by atoms with Crippen LogP contribution in [-0.4, -0.2) is 29.9 Å². The highest BCUT2D eigenvalue weighted by Gasteiger charge is 2.24. The lowest BCUT2D eigenvalue weighted by Gasteiger charge is -2.04. The Hall–Kier alpha value is -4.05. The zero-order valence-corrected chi connectivity index (χ0v) is 17.3. The Morgan fingerprint density at radius 2 is 1.74 bits per heavy atom. The molecular formula is C21H17N7O2S. The molecule has 0 unspecified atom stereocenters. The van der Waals surface area contributed by atoms with E-state index >= 15 is 0 Å². The molecule has 0 amide bonds. The van der Waals surface area contributed by atoms with Gasteiger partial charge >= 0.3 is 0 Å². The van der Waals surface area contributed by atoms with E-state index in [1.54, 1.807) is 17.8 Å². The molecule has 0 saturated heterocycles. The van der Waals surface area contributed by atoms with Crippen molar-refractivity contribution in [3.63, 3.8) is 0 Å². The summed E-state index contributed by atoms with van der Waals surface area (Å²) >= 11 is 5.34. The van der Waals surface area contributed by atoms with Gasteiger partial charge < -0.3 is 14.3 Å². The Balaban J connectivity index is 1.45. The molecule has 0 aliphatic heterocycles. The number of benzene rings is 2. The van der Waals surface area contributed by atoms with Gasteiger partial charge in [0.1, 0.15) is 29.4 Å². The van der Waals surface area contributed by atoms with Crippen molar-refractivity contribution in [3.8, 4) is 28.5 Å². The van der Waals surface area contributed by atoms with Gasteiger partial charge in [-0.1, -0.05) is 41.6 Å². The zero-order chi connectivity index (χ0) is 21.2. The van der Waals surface area contributed by atoms with Crippen molar-refractivity contribution in [1.29, 1.82) is 0 Å². The van der Waals surface area contributed by atoms with Crippen LogP contribution in [0.3, 0.4) is 0 Å². The molecule has 5 aromatic rings. The van der Waals surface area contributed by atoms with Gasteiger partial charge in [-0.25, -0.2) is 4.68 Å². The fourth-order valence-corrected chi connectivity index (χ4v) is 3.27. The quantitative estimate of drug-likeness (QED) is 0.393. The van der Waals surface area contributed by atoms with Gasteiger partial charge in [-0.2, -0.15) is 9.90 Å². The number of nitrogens with one attached hydrogen (secondary N) is 1. The van der Waals surface area contributed by atoms with Crippen LogP contribution in [-0.2, 0) is 6.67 Å². The lowest BCUT2D eigenvalue weighted by molar-refractivity contribution is 0.399. The van der Waals surface area contributed by atoms with Gasteiger partial charge in [-0.3, -0.25) is 0 Å². The van der Waals surface area contributed by atoms with E-state index in [1.807, 2.05) is 60.7 Å². The van der Waals surface area contributed by atoms with Crippen molar-refractivity contribution in [3.05, 3.63) is 77.5 Å². The van der Waals surface area contributed by atoms with Crippen molar-refractivity contribution < 1.29 is 8.94 Å². The second-order valence-electron chi connectivity index (χ2n) is 6.69. The summed E-state index contributed by atoms with van der Waals surface area (Å²) in [5.41, 5.74) is 3.40. The first-order chi connectivity index (χ1) is 15.2. The molecule has 0 radical (unpaired) electrons. The van der Waals surface area contributed by atoms with Crippen molar-refractivity contribution in [2.75, 3.05) is 5.32 Å². The number of aryl methyl sites for hydroxylation is 1. The number of para-hydroxylation sites is 2. The minimum absolute atomic E-state index is 0.234. The van der Waals surface area contributed by atoms with Gasteiger partial charge in [-0.15, -0.1) is 10.2 Å². The summed E-state index contributed by atoms with van der Waals surface area (Å²) in [6.45, 7) is 2.14. The summed E-state index contributed by atoms with van der Waals surface area (Å²) in [4.78, 5) is 1.76. The predicted octanol–water partition coefficient (Wildman–Crippen LogP) is 4.49. The average Bonchev–Trinajstić information content (AvgIpc) is 3.52. The van der Waals surface area contributed by atoms with Crippen LogP contribution in [0.15, 0.2) is 75.8 Å². The molecule has 5 rings (SSSR count). The molecule has 0 atom stereocenters. The van der Waals surface area contributed by atoms with E-state index in [9.17, 15) is 0 Å². The highest BCUT2D eigenvalue weighted by Crippen LogP contribution is 2.32. The first-order valence-corrected chi connectivity index (χ1v) is 9.91. The van der Waals surface area contributed by atoms with Gasteiger partial charge in [0.05, 0.1) is 11.9 Å². The van der Waals surface area contributed by atoms with Gasteiger partial charge in [0.15, 0.2) is 0 Å². The molecule has 31 heavy (non-hydrogen) atoms. The number of anilines is 1. The van der Waals surface area contributed by atoms with Crippen LogP contribution in [0.4, 0.5) is 5.69 Å². The Morgan fingerprint density at radius 1 is 1.00 bits per heavy atom. The van der Waals surface area contributed by atoms with E-state index in [-0.39, 0.29) is 4.84 Å². The Kier molecular flexibility index (Phi) is 4.89. The van der Waals surface area contributed by atoms with Crippen LogP contribution in [0.25, 0.3) is 28.5 Å². The molecule has 0 saturated carbocycles. The molecule has 10 heteroatoms. The Bertz CT molecular complexity index is 1370. The van der Waals surface area contributed by atoms with E-state index in [1.165, 1.54) is 4.80 Å². The molecule has 0 fully saturated rings. The van der Waals surface area contributed by atoms with E-state index in [4.69, 9.17) is 21.2 Å². The third kappa shape index (κ3) is 3.76. The van der Waals surface area contributed by atoms with Gasteiger partial charge in [0.25, 0.3) is 10.7 Å². The lowest BCUT2D eigenvalue weighted by atomic mass is 10.1. The topological polar surface area (TPSA) is 99.7 Å². The lowest BCUT2D eigenvalue weighted by Crippen LogP contribution is -2.09. The van der Waals surface area contributed by atoms with Crippen LogP contribution < -0.4 is 5.32 Å². The van der Waals surface area contributed by atoms with Gasteiger partial charge in [0, 0.05) is 5.69 Å². The summed E-state index contributed by atoms with van der Waals surface area (Å²) in [5, 5.41) is 20.8. The van der Waals surface area contributed by atoms with Crippen LogP contribution in [0.1, 0.15) is 5.76 Å². The molecule has 0 spiro atoms. The summed E-state index contributed by atoms with van der Waals surface area (Å²) in [6, 6.07) is 19.4. The molecule has 0 bridgehead atoms. The highest BCUT2D eigenvalue weighted by atomic mass is 32.1. The second-order valence-corrected chi connectivity index (χ2v) is 7.04. The molecule has 3 aromatic heterocycles. The standard InChI is InChI=1S/C21H17N7O2S/c1-14-18(20-25-27(21(31)29-20)13-22-15-8-4-2-5-9-15)19(26-30-14)17-12-23-28(24-17)16-10-6-3-7-11-16/h2-12,22H,13H2,1H3. The maximum atomic E-state index is 5.75. The Morgan fingerprint density at radius 3 is 2.52 bits per heavy atom. The maximum Gasteiger partial charge on any atom is 0.289 e. The van der Waals surface area contributed by atoms with Crippen molar-refractivity contribution in [2.45, 2.75) is 13.6 Å². The monoisotopic (exact) mass is 431 g/mol. The molecular weight excluding hydrogens is 414 g/mol. The van der Waals surface area contributed by atoms with Crippen molar-refractivity contribution >= 4 is 17.9 Å². The van der Waals surface area contributed by atoms with Crippen molar-refractivity contribution in [1.82, 2.24) is 29.9 Å². The van der Waals surface area contributed by atoms with Crippen LogP contribution in [0, 0.1) is 11.8 Å². The molecule has 3 heterocycles. The second kappa shape index (κ2) is 8.00. The first-order valence-electron chi connectivity index (χ1n) is 9.51. The minimum Gasteiger partial charge on any atom is -0.409 e. The van der Waals surface area contributed by atoms with E-state index in [0.717, 1.165) is 11.4 Å². The number of rotatable bonds is 6. The molecule has 0 aliphatic rings. The third-order valence-corrected chi connectivity index (χ3v) is 4.91. The van der Waals surface area contributed by atoms with Crippen LogP contribution in [0.5, 0.6) is 0 Å². The molecule has 154 valence electrons. The van der Waals surface area contributed by atoms with E-state index in [0.29, 0.717) is 35.3 Å². The number of nitrogens with zero attached hydrogens (tertiary/aromatic N) is 6. The first kappa shape index (κ1) is 18.9. The molecule has 1 N–H and O–H groups in total. The molecule has 2 aromatic carbocycles. The SMILES string of the molecule is Cc1onc(-c2cnn(-c3ccccc3)n2)c1-c1nn(CNc2ccccc2)c(=S)o1. The summed E-state index contributed by atoms with van der Waals surface area (Å²) in [7, 11) is 0. The van der Waals surface area contributed by atoms with Crippen molar-refractivity contribution in [2.24, 2.45) is 0 Å². The highest BCUT2D eigenvalue weighted by molar-refractivity contribution is 7.71. The summed E-state index contributed by atoms with van der Waals surface area (Å²) < 4.78 is 12.7. The predicted molar refractivity (Wildman–Crippen MR) is 116 cm³/mol. The fourth-order valence-electron chi connectivity index (χ4n) is 3.09. The number of aromatic nitrogens is 6. The van der Waals surface area contributed by atoms with Gasteiger partial charge in [-0.05, 0) is 43.4 Å². The smallest absolute Gasteiger partial charge is 0.289 e. The normalized spacial score (nSPS) is 11.0. The number of hydrogen-bond acceptors (Lipinski definition) is 8. The van der Waals surface area contributed by atoms with Gasteiger partial charge in [0.2, 0.25) is 0 Å². The third-order valence-electron chi connectivity index (χ3n) is 4.61. The largest absolute Gasteiger partial charge is 0.409 e. The zero-order valence-electron chi connectivity index (χ0n) is 16.5. The average molecular weight is 431 g/mol. The molecule has 0 aliphatic carbocycles. The van der Waals surface area contributed by atoms with E-state index in [2.05, 4.69) is 25.8 Å². The minimum atomic E-state index is 0.234. The van der Waals surface area contributed by atoms with Crippen LogP contribution in [0.2, 0.25) is 0 Å². The Labute approximate surface area is 181 Å². The van der Waals surface area contributed by atoms with Crippen LogP contribution >= 0.6 is 12.2 Å². The summed E-state index contributed by atoms with van der Waals surface area (Å²) in [6.07, 6.45) is 1.62. The number of hydrogen-bond donors (Lipinski definition) is 1. The molecule has 9 nitrogen and oxygen atoms in total. The summed E-state index contributed by atoms with van der Waals surface area (Å²) in [5.74, 6) is 0.853. The van der Waals surface area contributed by atoms with E-state index < -0.39 is 0 Å². The maximum absolute atomic E-state index is 5.75.